The molecule has 4 aromatic rings. The minimum absolute atomic E-state index is 0.00824. The Morgan fingerprint density at radius 1 is 1.24 bits per heavy atom. The normalized spacial score (nSPS) is 18.9. The average Bonchev–Trinajstić information content (AvgIpc) is 3.91. The number of H-pyrrole nitrogens is 1. The number of fused-ring (bicyclic) bond motifs is 2. The van der Waals surface area contributed by atoms with Gasteiger partial charge in [0.2, 0.25) is 12.7 Å². The van der Waals surface area contributed by atoms with E-state index in [-0.39, 0.29) is 72.7 Å². The molecule has 23 heteroatoms. The van der Waals surface area contributed by atoms with Gasteiger partial charge in [-0.15, -0.1) is 0 Å². The molecule has 2 N–H and O–H groups in total. The fourth-order valence-electron chi connectivity index (χ4n) is 5.48. The summed E-state index contributed by atoms with van der Waals surface area (Å²) in [6.45, 7) is 0.00425. The summed E-state index contributed by atoms with van der Waals surface area (Å²) in [7, 11) is -3.23. The van der Waals surface area contributed by atoms with E-state index in [2.05, 4.69) is 20.3 Å². The number of carbonyl (C=O) groups is 2. The molecule has 5 atom stereocenters. The molecule has 2 aromatic carbocycles. The highest BCUT2D eigenvalue weighted by Crippen LogP contribution is 2.52. The number of nitro groups is 1. The predicted molar refractivity (Wildman–Crippen MR) is 183 cm³/mol. The third-order valence-corrected chi connectivity index (χ3v) is 9.52. The second-order valence-electron chi connectivity index (χ2n) is 11.6. The minimum Gasteiger partial charge on any atom is -0.484 e. The summed E-state index contributed by atoms with van der Waals surface area (Å²) >= 11 is 0. The Bertz CT molecular complexity index is 2210. The molecule has 1 fully saturated rings. The van der Waals surface area contributed by atoms with E-state index in [9.17, 15) is 29.1 Å². The maximum atomic E-state index is 13.3. The number of nitrogens with zero attached hydrogens (tertiary/aromatic N) is 5. The number of aromatic nitrogens is 4. The third kappa shape index (κ3) is 9.17. The highest BCUT2D eigenvalue weighted by Gasteiger charge is 2.44. The van der Waals surface area contributed by atoms with Crippen molar-refractivity contribution in [1.29, 1.82) is 5.26 Å². The minimum atomic E-state index is -4.30. The van der Waals surface area contributed by atoms with Crippen molar-refractivity contribution in [2.24, 2.45) is 0 Å². The molecule has 0 bridgehead atoms. The maximum absolute atomic E-state index is 13.3. The number of carbonyl (C=O) groups excluding carboxylic acids is 2. The standard InChI is InChI=1S/C32H32N7O15P/c1-18(20-11-22-23(50-17-49-22)12-21(20)39(43)44)52-32(42)48-14-25-24(54-55(45,46-2)51-10-6-9-33)13-27(53-25)38-16-34-28-29(38)36-31(37-30(28)41)35-26(40)15-47-19-7-4-3-5-8-19/h3-5,7-8,11-12,16,18,24-25,27H,6,10,13-15,17H2,1-2H3,(H2,35,36,37,40,41)/t18?,24-,25+,27+,55?/m0/s1. The van der Waals surface area contributed by atoms with Crippen LogP contribution < -0.4 is 25.1 Å². The van der Waals surface area contributed by atoms with Crippen molar-refractivity contribution >= 4 is 42.7 Å². The molecule has 2 aliphatic heterocycles. The number of aromatic amines is 1. The van der Waals surface area contributed by atoms with Gasteiger partial charge in [-0.25, -0.2) is 14.3 Å². The third-order valence-electron chi connectivity index (χ3n) is 8.04. The van der Waals surface area contributed by atoms with E-state index < -0.39 is 61.5 Å². The first-order chi connectivity index (χ1) is 26.5. The molecule has 1 saturated heterocycles. The smallest absolute Gasteiger partial charge is 0.484 e. The molecule has 290 valence electrons. The predicted octanol–water partition coefficient (Wildman–Crippen LogP) is 4.05. The molecule has 6 rings (SSSR count). The molecule has 0 spiro atoms. The topological polar surface area (TPSA) is 277 Å². The maximum Gasteiger partial charge on any atom is 0.508 e. The molecule has 55 heavy (non-hydrogen) atoms. The van der Waals surface area contributed by atoms with Gasteiger partial charge in [0.25, 0.3) is 17.2 Å². The second kappa shape index (κ2) is 16.9. The number of phosphoric ester groups is 1. The number of phosphoric acid groups is 1. The number of anilines is 1. The Balaban J connectivity index is 1.18. The van der Waals surface area contributed by atoms with Gasteiger partial charge in [-0.3, -0.25) is 48.1 Å². The number of amides is 1. The van der Waals surface area contributed by atoms with Gasteiger partial charge < -0.3 is 28.4 Å². The molecular formula is C32H32N7O15P. The van der Waals surface area contributed by atoms with Crippen molar-refractivity contribution in [1.82, 2.24) is 19.5 Å². The Labute approximate surface area is 309 Å². The SMILES string of the molecule is COP(=O)(OCCC#N)O[C@H]1C[C@H](n2cnc3c(=O)[nH]c(NC(=O)COc4ccccc4)nc32)O[C@@H]1COC(=O)OC(C)c1cc2c(cc1[N+](=O)[O-])OCO2. The van der Waals surface area contributed by atoms with Crippen LogP contribution in [0.1, 0.15) is 37.7 Å². The molecule has 0 radical (unpaired) electrons. The number of rotatable bonds is 16. The number of hydrogen-bond donors (Lipinski definition) is 2. The van der Waals surface area contributed by atoms with Crippen molar-refractivity contribution < 1.29 is 61.1 Å². The second-order valence-corrected chi connectivity index (χ2v) is 13.3. The number of nitrogens with one attached hydrogen (secondary N) is 2. The van der Waals surface area contributed by atoms with Crippen molar-refractivity contribution in [3.8, 4) is 23.3 Å². The van der Waals surface area contributed by atoms with E-state index in [4.69, 9.17) is 47.3 Å². The van der Waals surface area contributed by atoms with E-state index in [1.54, 1.807) is 30.3 Å². The Kier molecular flexibility index (Phi) is 11.9. The number of nitriles is 1. The summed E-state index contributed by atoms with van der Waals surface area (Å²) in [6.07, 6.45) is -4.84. The number of ether oxygens (including phenoxy) is 6. The summed E-state index contributed by atoms with van der Waals surface area (Å²) in [4.78, 5) is 60.4. The molecule has 1 amide bonds. The quantitative estimate of drug-likeness (QED) is 0.0533. The lowest BCUT2D eigenvalue weighted by Gasteiger charge is -2.23. The van der Waals surface area contributed by atoms with Crippen LogP contribution in [0.5, 0.6) is 17.2 Å². The lowest BCUT2D eigenvalue weighted by Crippen LogP contribution is -2.30. The van der Waals surface area contributed by atoms with E-state index in [0.717, 1.165) is 13.2 Å². The largest absolute Gasteiger partial charge is 0.508 e. The van der Waals surface area contributed by atoms with Gasteiger partial charge in [-0.1, -0.05) is 18.2 Å². The first-order valence-corrected chi connectivity index (χ1v) is 17.8. The van der Waals surface area contributed by atoms with E-state index in [0.29, 0.717) is 5.75 Å². The first kappa shape index (κ1) is 38.6. The van der Waals surface area contributed by atoms with E-state index in [1.807, 2.05) is 6.07 Å². The summed E-state index contributed by atoms with van der Waals surface area (Å²) in [5.41, 5.74) is -1.20. The number of nitro benzene ring substituents is 1. The fraction of sp³-hybridized carbons (Fsp3) is 0.375. The van der Waals surface area contributed by atoms with Gasteiger partial charge in [0, 0.05) is 13.5 Å². The van der Waals surface area contributed by atoms with Gasteiger partial charge in [0.05, 0.1) is 42.0 Å². The van der Waals surface area contributed by atoms with Gasteiger partial charge in [0.15, 0.2) is 29.3 Å². The first-order valence-electron chi connectivity index (χ1n) is 16.3. The summed E-state index contributed by atoms with van der Waals surface area (Å²) in [5, 5.41) is 23.1. The van der Waals surface area contributed by atoms with Crippen LogP contribution in [0.2, 0.25) is 0 Å². The van der Waals surface area contributed by atoms with Crippen molar-refractivity contribution in [3.63, 3.8) is 0 Å². The van der Waals surface area contributed by atoms with Crippen LogP contribution in [0.25, 0.3) is 11.2 Å². The van der Waals surface area contributed by atoms with E-state index in [1.165, 1.54) is 23.9 Å². The van der Waals surface area contributed by atoms with Gasteiger partial charge in [-0.2, -0.15) is 10.2 Å². The fourth-order valence-corrected chi connectivity index (χ4v) is 6.60. The monoisotopic (exact) mass is 785 g/mol. The van der Waals surface area contributed by atoms with Crippen LogP contribution in [0.15, 0.2) is 53.6 Å². The Morgan fingerprint density at radius 3 is 2.73 bits per heavy atom. The number of hydrogen-bond acceptors (Lipinski definition) is 18. The molecule has 0 saturated carbocycles. The lowest BCUT2D eigenvalue weighted by atomic mass is 10.1. The zero-order chi connectivity index (χ0) is 39.1. The van der Waals surface area contributed by atoms with Crippen LogP contribution in [0, 0.1) is 21.4 Å². The van der Waals surface area contributed by atoms with Crippen LogP contribution >= 0.6 is 7.82 Å². The molecule has 2 aromatic heterocycles. The number of benzene rings is 2. The van der Waals surface area contributed by atoms with Crippen molar-refractivity contribution in [2.45, 2.75) is 44.3 Å². The lowest BCUT2D eigenvalue weighted by molar-refractivity contribution is -0.386. The molecule has 4 heterocycles. The molecule has 2 aliphatic rings. The van der Waals surface area contributed by atoms with Crippen LogP contribution in [0.4, 0.5) is 16.4 Å². The number of para-hydroxylation sites is 1. The van der Waals surface area contributed by atoms with Gasteiger partial charge >= 0.3 is 14.0 Å². The number of imidazole rings is 1. The molecule has 22 nitrogen and oxygen atoms in total. The van der Waals surface area contributed by atoms with Gasteiger partial charge in [0.1, 0.15) is 36.9 Å². The Hall–Kier alpha value is -6.11. The summed E-state index contributed by atoms with van der Waals surface area (Å²) in [6, 6.07) is 12.9. The molecule has 2 unspecified atom stereocenters. The average molecular weight is 786 g/mol. The Morgan fingerprint density at radius 2 is 2.00 bits per heavy atom. The van der Waals surface area contributed by atoms with Crippen molar-refractivity contribution in [3.05, 3.63) is 74.8 Å². The zero-order valence-electron chi connectivity index (χ0n) is 29.0. The van der Waals surface area contributed by atoms with Crippen LogP contribution in [-0.2, 0) is 37.1 Å². The van der Waals surface area contributed by atoms with Gasteiger partial charge in [-0.05, 0) is 25.1 Å². The van der Waals surface area contributed by atoms with E-state index >= 15 is 0 Å². The molecule has 0 aliphatic carbocycles. The highest BCUT2D eigenvalue weighted by atomic mass is 31.2. The molecular weight excluding hydrogens is 753 g/mol. The van der Waals surface area contributed by atoms with Crippen LogP contribution in [0.3, 0.4) is 0 Å². The highest BCUT2D eigenvalue weighted by molar-refractivity contribution is 7.48. The zero-order valence-corrected chi connectivity index (χ0v) is 29.9. The van der Waals surface area contributed by atoms with Crippen LogP contribution in [-0.4, -0.2) is 82.4 Å². The summed E-state index contributed by atoms with van der Waals surface area (Å²) < 4.78 is 63.4. The van der Waals surface area contributed by atoms with Crippen molar-refractivity contribution in [2.75, 3.05) is 39.0 Å². The summed E-state index contributed by atoms with van der Waals surface area (Å²) in [5.74, 6) is -0.00746.